The van der Waals surface area contributed by atoms with Crippen molar-refractivity contribution in [2.75, 3.05) is 0 Å². The molecule has 0 saturated carbocycles. The molecule has 0 radical (unpaired) electrons. The lowest BCUT2D eigenvalue weighted by Crippen LogP contribution is -1.96. The SMILES string of the molecule is O=C(O)c1cnn(-c2cccc(F)c2)c1. The normalized spacial score (nSPS) is 10.2. The van der Waals surface area contributed by atoms with Gasteiger partial charge in [0.25, 0.3) is 0 Å². The molecule has 0 bridgehead atoms. The van der Waals surface area contributed by atoms with Crippen LogP contribution in [0.4, 0.5) is 4.39 Å². The number of benzene rings is 1. The van der Waals surface area contributed by atoms with E-state index in [1.165, 1.54) is 35.3 Å². The van der Waals surface area contributed by atoms with Crippen LogP contribution in [0.15, 0.2) is 36.7 Å². The fourth-order valence-corrected chi connectivity index (χ4v) is 1.19. The Kier molecular flexibility index (Phi) is 2.21. The Morgan fingerprint density at radius 1 is 1.47 bits per heavy atom. The van der Waals surface area contributed by atoms with E-state index in [9.17, 15) is 9.18 Å². The van der Waals surface area contributed by atoms with Crippen LogP contribution in [-0.2, 0) is 0 Å². The molecule has 0 atom stereocenters. The number of carboxylic acid groups (broad SMARTS) is 1. The Bertz CT molecular complexity index is 508. The zero-order valence-electron chi connectivity index (χ0n) is 7.59. The Labute approximate surface area is 84.6 Å². The first-order valence-corrected chi connectivity index (χ1v) is 4.21. The molecule has 1 aromatic heterocycles. The molecule has 1 heterocycles. The van der Waals surface area contributed by atoms with Gasteiger partial charge in [-0.15, -0.1) is 0 Å². The molecule has 0 aliphatic heterocycles. The second-order valence-electron chi connectivity index (χ2n) is 2.96. The van der Waals surface area contributed by atoms with Crippen LogP contribution in [0.25, 0.3) is 5.69 Å². The van der Waals surface area contributed by atoms with Gasteiger partial charge in [-0.1, -0.05) is 6.07 Å². The van der Waals surface area contributed by atoms with Crippen molar-refractivity contribution >= 4 is 5.97 Å². The first kappa shape index (κ1) is 9.39. The first-order valence-electron chi connectivity index (χ1n) is 4.21. The summed E-state index contributed by atoms with van der Waals surface area (Å²) in [6.07, 6.45) is 2.55. The second kappa shape index (κ2) is 3.53. The van der Waals surface area contributed by atoms with Gasteiger partial charge in [-0.25, -0.2) is 13.9 Å². The summed E-state index contributed by atoms with van der Waals surface area (Å²) >= 11 is 0. The van der Waals surface area contributed by atoms with E-state index in [4.69, 9.17) is 5.11 Å². The van der Waals surface area contributed by atoms with Crippen LogP contribution in [0.2, 0.25) is 0 Å². The highest BCUT2D eigenvalue weighted by Gasteiger charge is 2.06. The van der Waals surface area contributed by atoms with Crippen LogP contribution in [0.3, 0.4) is 0 Å². The lowest BCUT2D eigenvalue weighted by Gasteiger charge is -1.99. The maximum atomic E-state index is 12.9. The quantitative estimate of drug-likeness (QED) is 0.813. The number of nitrogens with zero attached hydrogens (tertiary/aromatic N) is 2. The van der Waals surface area contributed by atoms with Crippen molar-refractivity contribution in [3.8, 4) is 5.69 Å². The minimum Gasteiger partial charge on any atom is -0.478 e. The summed E-state index contributed by atoms with van der Waals surface area (Å²) in [4.78, 5) is 10.6. The third kappa shape index (κ3) is 1.85. The minimum atomic E-state index is -1.06. The van der Waals surface area contributed by atoms with Crippen LogP contribution in [-0.4, -0.2) is 20.9 Å². The lowest BCUT2D eigenvalue weighted by molar-refractivity contribution is 0.0697. The van der Waals surface area contributed by atoms with E-state index < -0.39 is 5.97 Å². The molecule has 0 amide bonds. The number of hydrogen-bond donors (Lipinski definition) is 1. The fraction of sp³-hybridized carbons (Fsp3) is 0. The molecule has 2 rings (SSSR count). The van der Waals surface area contributed by atoms with Crippen molar-refractivity contribution in [2.45, 2.75) is 0 Å². The summed E-state index contributed by atoms with van der Waals surface area (Å²) in [6.45, 7) is 0. The van der Waals surface area contributed by atoms with Gasteiger partial charge in [0, 0.05) is 6.20 Å². The van der Waals surface area contributed by atoms with Gasteiger partial charge in [0.15, 0.2) is 0 Å². The summed E-state index contributed by atoms with van der Waals surface area (Å²) < 4.78 is 14.2. The largest absolute Gasteiger partial charge is 0.478 e. The highest BCUT2D eigenvalue weighted by Crippen LogP contribution is 2.09. The van der Waals surface area contributed by atoms with Gasteiger partial charge in [-0.05, 0) is 18.2 Å². The van der Waals surface area contributed by atoms with Crippen molar-refractivity contribution in [2.24, 2.45) is 0 Å². The molecule has 4 nitrogen and oxygen atoms in total. The Hall–Kier alpha value is -2.17. The van der Waals surface area contributed by atoms with E-state index in [0.29, 0.717) is 5.69 Å². The predicted molar refractivity (Wildman–Crippen MR) is 50.5 cm³/mol. The van der Waals surface area contributed by atoms with Crippen molar-refractivity contribution < 1.29 is 14.3 Å². The molecule has 15 heavy (non-hydrogen) atoms. The molecule has 1 aromatic carbocycles. The summed E-state index contributed by atoms with van der Waals surface area (Å²) in [7, 11) is 0. The number of halogens is 1. The van der Waals surface area contributed by atoms with E-state index in [2.05, 4.69) is 5.10 Å². The number of hydrogen-bond acceptors (Lipinski definition) is 2. The average molecular weight is 206 g/mol. The lowest BCUT2D eigenvalue weighted by atomic mass is 10.3. The molecule has 0 unspecified atom stereocenters. The molecule has 0 aliphatic carbocycles. The summed E-state index contributed by atoms with van der Waals surface area (Å²) in [5, 5.41) is 12.5. The van der Waals surface area contributed by atoms with E-state index in [1.807, 2.05) is 0 Å². The molecule has 2 aromatic rings. The molecule has 1 N–H and O–H groups in total. The summed E-state index contributed by atoms with van der Waals surface area (Å²) in [5.41, 5.74) is 0.557. The third-order valence-corrected chi connectivity index (χ3v) is 1.90. The van der Waals surface area contributed by atoms with Gasteiger partial charge in [-0.3, -0.25) is 0 Å². The molecular formula is C10H7FN2O2. The van der Waals surface area contributed by atoms with E-state index in [1.54, 1.807) is 6.07 Å². The zero-order valence-corrected chi connectivity index (χ0v) is 7.59. The number of carboxylic acids is 1. The highest BCUT2D eigenvalue weighted by molar-refractivity contribution is 5.86. The maximum Gasteiger partial charge on any atom is 0.338 e. The van der Waals surface area contributed by atoms with Gasteiger partial charge >= 0.3 is 5.97 Å². The fourth-order valence-electron chi connectivity index (χ4n) is 1.19. The summed E-state index contributed by atoms with van der Waals surface area (Å²) in [5.74, 6) is -1.45. The third-order valence-electron chi connectivity index (χ3n) is 1.90. The van der Waals surface area contributed by atoms with Gasteiger partial charge < -0.3 is 5.11 Å². The number of carbonyl (C=O) groups is 1. The Morgan fingerprint density at radius 3 is 2.87 bits per heavy atom. The molecule has 0 aliphatic rings. The van der Waals surface area contributed by atoms with Crippen LogP contribution in [0.1, 0.15) is 10.4 Å². The minimum absolute atomic E-state index is 0.0688. The first-order chi connectivity index (χ1) is 7.16. The van der Waals surface area contributed by atoms with Gasteiger partial charge in [0.1, 0.15) is 5.82 Å². The second-order valence-corrected chi connectivity index (χ2v) is 2.96. The predicted octanol–water partition coefficient (Wildman–Crippen LogP) is 1.71. The maximum absolute atomic E-state index is 12.9. The molecule has 76 valence electrons. The zero-order chi connectivity index (χ0) is 10.8. The molecular weight excluding hydrogens is 199 g/mol. The van der Waals surface area contributed by atoms with Gasteiger partial charge in [-0.2, -0.15) is 5.10 Å². The van der Waals surface area contributed by atoms with Crippen LogP contribution >= 0.6 is 0 Å². The van der Waals surface area contributed by atoms with Crippen LogP contribution in [0.5, 0.6) is 0 Å². The van der Waals surface area contributed by atoms with Crippen molar-refractivity contribution in [1.82, 2.24) is 9.78 Å². The van der Waals surface area contributed by atoms with E-state index in [0.717, 1.165) is 0 Å². The van der Waals surface area contributed by atoms with Gasteiger partial charge in [0.2, 0.25) is 0 Å². The van der Waals surface area contributed by atoms with Crippen LogP contribution < -0.4 is 0 Å². The molecule has 5 heteroatoms. The van der Waals surface area contributed by atoms with Crippen molar-refractivity contribution in [3.05, 3.63) is 48.0 Å². The number of rotatable bonds is 2. The average Bonchev–Trinajstić information content (AvgIpc) is 2.66. The highest BCUT2D eigenvalue weighted by atomic mass is 19.1. The molecule has 0 saturated heterocycles. The number of aromatic carboxylic acids is 1. The van der Waals surface area contributed by atoms with Crippen LogP contribution in [0, 0.1) is 5.82 Å². The Morgan fingerprint density at radius 2 is 2.27 bits per heavy atom. The van der Waals surface area contributed by atoms with Gasteiger partial charge in [0.05, 0.1) is 17.4 Å². The van der Waals surface area contributed by atoms with Crippen molar-refractivity contribution in [1.29, 1.82) is 0 Å². The van der Waals surface area contributed by atoms with E-state index >= 15 is 0 Å². The Balaban J connectivity index is 2.41. The number of aromatic nitrogens is 2. The van der Waals surface area contributed by atoms with E-state index in [-0.39, 0.29) is 11.4 Å². The topological polar surface area (TPSA) is 55.1 Å². The molecule has 0 spiro atoms. The van der Waals surface area contributed by atoms with Crippen molar-refractivity contribution in [3.63, 3.8) is 0 Å². The monoisotopic (exact) mass is 206 g/mol. The smallest absolute Gasteiger partial charge is 0.338 e. The summed E-state index contributed by atoms with van der Waals surface area (Å²) in [6, 6.07) is 5.76. The molecule has 0 fully saturated rings. The standard InChI is InChI=1S/C10H7FN2O2/c11-8-2-1-3-9(4-8)13-6-7(5-12-13)10(14)15/h1-6H,(H,14,15).